The molecule has 0 radical (unpaired) electrons. The minimum atomic E-state index is -2.71. The van der Waals surface area contributed by atoms with Gasteiger partial charge in [-0.1, -0.05) is 20.8 Å². The summed E-state index contributed by atoms with van der Waals surface area (Å²) < 4.78 is 5.34. The number of aromatic hydroxyl groups is 1. The number of ether oxygens (including phenoxy) is 1. The molecule has 234 valence electrons. The van der Waals surface area contributed by atoms with Crippen molar-refractivity contribution in [3.05, 3.63) is 39.7 Å². The number of ketones is 2. The molecule has 4 atom stereocenters. The number of fused-ring (bicyclic) bond motifs is 3. The van der Waals surface area contributed by atoms with E-state index in [9.17, 15) is 39.6 Å². The molecule has 0 saturated heterocycles. The van der Waals surface area contributed by atoms with E-state index >= 15 is 0 Å². The number of anilines is 1. The van der Waals surface area contributed by atoms with Gasteiger partial charge in [-0.05, 0) is 61.9 Å². The van der Waals surface area contributed by atoms with Gasteiger partial charge in [-0.2, -0.15) is 0 Å². The second-order valence-corrected chi connectivity index (χ2v) is 13.3. The van der Waals surface area contributed by atoms with Crippen molar-refractivity contribution in [1.29, 1.82) is 0 Å². The van der Waals surface area contributed by atoms with Gasteiger partial charge >= 0.3 is 5.97 Å². The molecule has 1 saturated carbocycles. The Labute approximate surface area is 250 Å². The number of carbonyl (C=O) groups excluding carboxylic acids is 4. The lowest BCUT2D eigenvalue weighted by Crippen LogP contribution is -2.65. The molecule has 1 aromatic carbocycles. The molecule has 0 spiro atoms. The molecule has 1 unspecified atom stereocenters. The van der Waals surface area contributed by atoms with E-state index in [2.05, 4.69) is 0 Å². The lowest BCUT2D eigenvalue weighted by Gasteiger charge is -2.50. The zero-order valence-electron chi connectivity index (χ0n) is 25.6. The fourth-order valence-electron chi connectivity index (χ4n) is 6.54. The van der Waals surface area contributed by atoms with E-state index in [0.29, 0.717) is 16.8 Å². The van der Waals surface area contributed by atoms with Crippen molar-refractivity contribution in [2.24, 2.45) is 23.0 Å². The number of hydrogen-bond acceptors (Lipinski definition) is 11. The monoisotopic (exact) mass is 599 g/mol. The van der Waals surface area contributed by atoms with Gasteiger partial charge in [0.1, 0.15) is 22.8 Å². The number of phenolic OH excluding ortho intramolecular Hbond substituents is 1. The molecule has 1 fully saturated rings. The van der Waals surface area contributed by atoms with Crippen LogP contribution in [0.2, 0.25) is 0 Å². The number of nitrogens with zero attached hydrogens (tertiary/aromatic N) is 2. The Morgan fingerprint density at radius 3 is 2.28 bits per heavy atom. The maximum Gasteiger partial charge on any atom is 0.306 e. The maximum atomic E-state index is 14.1. The number of aliphatic hydroxyl groups is 3. The Morgan fingerprint density at radius 2 is 1.74 bits per heavy atom. The summed E-state index contributed by atoms with van der Waals surface area (Å²) in [6.45, 7) is 6.03. The number of nitrogens with two attached hydrogens (primary N) is 1. The van der Waals surface area contributed by atoms with Crippen molar-refractivity contribution in [3.63, 3.8) is 0 Å². The Morgan fingerprint density at radius 1 is 1.12 bits per heavy atom. The highest BCUT2D eigenvalue weighted by Gasteiger charge is 2.64. The summed E-state index contributed by atoms with van der Waals surface area (Å²) in [6, 6.07) is 0.574. The van der Waals surface area contributed by atoms with Crippen LogP contribution in [0.3, 0.4) is 0 Å². The zero-order valence-corrected chi connectivity index (χ0v) is 25.6. The topological polar surface area (TPSA) is 191 Å². The van der Waals surface area contributed by atoms with Crippen LogP contribution in [0.5, 0.6) is 5.75 Å². The summed E-state index contributed by atoms with van der Waals surface area (Å²) in [6.07, 6.45) is 0.224. The Kier molecular flexibility index (Phi) is 8.18. The number of rotatable bonds is 7. The van der Waals surface area contributed by atoms with Gasteiger partial charge < -0.3 is 35.8 Å². The summed E-state index contributed by atoms with van der Waals surface area (Å²) in [7, 11) is 6.67. The van der Waals surface area contributed by atoms with Gasteiger partial charge in [-0.15, -0.1) is 0 Å². The Balaban J connectivity index is 1.84. The molecule has 12 heteroatoms. The van der Waals surface area contributed by atoms with Crippen molar-refractivity contribution in [2.75, 3.05) is 39.7 Å². The predicted molar refractivity (Wildman–Crippen MR) is 157 cm³/mol. The van der Waals surface area contributed by atoms with Gasteiger partial charge in [-0.3, -0.25) is 24.1 Å². The third kappa shape index (κ3) is 5.27. The minimum Gasteiger partial charge on any atom is -0.508 e. The highest BCUT2D eigenvalue weighted by atomic mass is 16.5. The van der Waals surface area contributed by atoms with Crippen LogP contribution in [0.15, 0.2) is 23.0 Å². The fraction of sp³-hybridized carbons (Fsp3) is 0.548. The van der Waals surface area contributed by atoms with E-state index in [1.165, 1.54) is 4.90 Å². The van der Waals surface area contributed by atoms with Crippen molar-refractivity contribution in [2.45, 2.75) is 58.1 Å². The number of primary amides is 1. The molecular formula is C31H41N3O9. The molecule has 4 rings (SSSR count). The minimum absolute atomic E-state index is 0.000755. The molecule has 43 heavy (non-hydrogen) atoms. The fourth-order valence-corrected chi connectivity index (χ4v) is 6.54. The number of carbonyl (C=O) groups is 4. The van der Waals surface area contributed by atoms with Crippen LogP contribution in [-0.2, 0) is 36.8 Å². The van der Waals surface area contributed by atoms with E-state index in [-0.39, 0.29) is 54.6 Å². The summed E-state index contributed by atoms with van der Waals surface area (Å²) in [4.78, 5) is 55.2. The molecule has 3 aliphatic carbocycles. The first-order chi connectivity index (χ1) is 19.8. The highest BCUT2D eigenvalue weighted by molar-refractivity contribution is 6.24. The summed E-state index contributed by atoms with van der Waals surface area (Å²) in [5.41, 5.74) is 2.89. The van der Waals surface area contributed by atoms with E-state index in [4.69, 9.17) is 10.5 Å². The van der Waals surface area contributed by atoms with E-state index < -0.39 is 64.0 Å². The van der Waals surface area contributed by atoms with Crippen molar-refractivity contribution >= 4 is 34.9 Å². The second-order valence-electron chi connectivity index (χ2n) is 13.3. The number of aryl methyl sites for hydroxylation is 1. The average Bonchev–Trinajstić information content (AvgIpc) is 2.88. The number of phenols is 1. The SMILES string of the molecule is CN(C)c1cc(CCC(=O)OCC(C)(C)C)c(O)c2c1C[C@H]1C[C@H]3C(N(C)C)C(=O)C(C(N)=O)=C(O)[C@@]3(O)C(=O)C1=C2O. The molecule has 1 aromatic rings. The predicted octanol–water partition coefficient (Wildman–Crippen LogP) is 1.55. The van der Waals surface area contributed by atoms with Gasteiger partial charge in [0.25, 0.3) is 5.91 Å². The first kappa shape index (κ1) is 32.0. The van der Waals surface area contributed by atoms with Crippen molar-refractivity contribution < 1.29 is 44.3 Å². The quantitative estimate of drug-likeness (QED) is 0.226. The number of aliphatic hydroxyl groups excluding tert-OH is 2. The van der Waals surface area contributed by atoms with Gasteiger partial charge in [0.15, 0.2) is 11.4 Å². The number of hydrogen-bond donors (Lipinski definition) is 5. The Hall–Kier alpha value is -3.90. The summed E-state index contributed by atoms with van der Waals surface area (Å²) in [5.74, 6) is -7.48. The number of esters is 1. The van der Waals surface area contributed by atoms with Crippen LogP contribution in [0, 0.1) is 17.3 Å². The molecule has 0 aromatic heterocycles. The first-order valence-corrected chi connectivity index (χ1v) is 14.2. The average molecular weight is 600 g/mol. The van der Waals surface area contributed by atoms with Crippen molar-refractivity contribution in [3.8, 4) is 5.75 Å². The lowest BCUT2D eigenvalue weighted by molar-refractivity contribution is -0.153. The van der Waals surface area contributed by atoms with Gasteiger partial charge in [-0.25, -0.2) is 0 Å². The third-order valence-corrected chi connectivity index (χ3v) is 8.52. The van der Waals surface area contributed by atoms with Crippen LogP contribution >= 0.6 is 0 Å². The molecule has 3 aliphatic rings. The highest BCUT2D eigenvalue weighted by Crippen LogP contribution is 2.54. The molecule has 12 nitrogen and oxygen atoms in total. The third-order valence-electron chi connectivity index (χ3n) is 8.52. The first-order valence-electron chi connectivity index (χ1n) is 14.2. The van der Waals surface area contributed by atoms with Crippen LogP contribution < -0.4 is 10.6 Å². The molecular weight excluding hydrogens is 558 g/mol. The maximum absolute atomic E-state index is 14.1. The van der Waals surface area contributed by atoms with Gasteiger partial charge in [0, 0.05) is 37.7 Å². The number of amides is 1. The number of Topliss-reactive ketones (excluding diaryl/α,β-unsaturated/α-hetero) is 2. The van der Waals surface area contributed by atoms with E-state index in [0.717, 1.165) is 0 Å². The smallest absolute Gasteiger partial charge is 0.306 e. The van der Waals surface area contributed by atoms with Crippen LogP contribution in [-0.4, -0.2) is 95.2 Å². The molecule has 6 N–H and O–H groups in total. The second kappa shape index (κ2) is 11.0. The largest absolute Gasteiger partial charge is 0.508 e. The molecule has 1 amide bonds. The molecule has 0 aliphatic heterocycles. The lowest BCUT2D eigenvalue weighted by atomic mass is 9.57. The van der Waals surface area contributed by atoms with Crippen LogP contribution in [0.25, 0.3) is 5.76 Å². The van der Waals surface area contributed by atoms with Crippen LogP contribution in [0.4, 0.5) is 5.69 Å². The number of likely N-dealkylation sites (N-methyl/N-ethyl adjacent to an activating group) is 1. The summed E-state index contributed by atoms with van der Waals surface area (Å²) in [5, 5.41) is 45.8. The van der Waals surface area contributed by atoms with Crippen LogP contribution in [0.1, 0.15) is 50.3 Å². The normalized spacial score (nSPS) is 25.4. The standard InChI is InChI=1S/C31H41N3O9/c1-30(2,3)13-43-19(35)9-8-14-12-18(33(4)5)16-10-15-11-17-23(34(6)7)26(38)22(29(32)41)28(40)31(17,42)27(39)20(15)25(37)21(16)24(14)36/h12,15,17,23,36-37,40,42H,8-11,13H2,1-7H3,(H2,32,41)/t15-,17-,23?,31-/m0/s1. The molecule has 0 bridgehead atoms. The van der Waals surface area contributed by atoms with Crippen molar-refractivity contribution in [1.82, 2.24) is 4.90 Å². The number of benzene rings is 1. The molecule has 0 heterocycles. The van der Waals surface area contributed by atoms with E-state index in [1.54, 1.807) is 39.2 Å². The van der Waals surface area contributed by atoms with Gasteiger partial charge in [0.2, 0.25) is 5.78 Å². The van der Waals surface area contributed by atoms with Gasteiger partial charge in [0.05, 0.1) is 18.2 Å². The van der Waals surface area contributed by atoms with E-state index in [1.807, 2.05) is 20.8 Å². The Bertz CT molecular complexity index is 1470. The zero-order chi connectivity index (χ0) is 32.3. The summed E-state index contributed by atoms with van der Waals surface area (Å²) >= 11 is 0.